The lowest BCUT2D eigenvalue weighted by Crippen LogP contribution is -1.87. The van der Waals surface area contributed by atoms with Crippen molar-refractivity contribution in [1.29, 1.82) is 0 Å². The molecule has 0 aromatic heterocycles. The molecule has 0 amide bonds. The Morgan fingerprint density at radius 3 is 2.92 bits per heavy atom. The Labute approximate surface area is 74.7 Å². The van der Waals surface area contributed by atoms with E-state index in [4.69, 9.17) is 0 Å². The number of allylic oxidation sites excluding steroid dienone is 1. The van der Waals surface area contributed by atoms with E-state index in [1.54, 1.807) is 0 Å². The second-order valence-electron chi connectivity index (χ2n) is 3.74. The quantitative estimate of drug-likeness (QED) is 0.504. The zero-order valence-corrected chi connectivity index (χ0v) is 7.72. The first-order valence-corrected chi connectivity index (χ1v) is 4.48. The molecule has 12 heavy (non-hydrogen) atoms. The number of benzene rings is 1. The SMILES string of the molecule is BC1Cc2cccc(C)c2C1=C. The zero-order valence-electron chi connectivity index (χ0n) is 7.72. The van der Waals surface area contributed by atoms with Crippen LogP contribution in [0.2, 0.25) is 5.82 Å². The Bertz CT molecular complexity index is 339. The van der Waals surface area contributed by atoms with Gasteiger partial charge in [-0.2, -0.15) is 0 Å². The van der Waals surface area contributed by atoms with Crippen LogP contribution in [-0.2, 0) is 6.42 Å². The van der Waals surface area contributed by atoms with Gasteiger partial charge < -0.3 is 0 Å². The van der Waals surface area contributed by atoms with Gasteiger partial charge in [-0.3, -0.25) is 0 Å². The van der Waals surface area contributed by atoms with Gasteiger partial charge in [-0.05, 0) is 35.9 Å². The molecule has 1 aromatic carbocycles. The topological polar surface area (TPSA) is 0 Å². The second kappa shape index (κ2) is 2.51. The normalized spacial score (nSPS) is 21.1. The predicted octanol–water partition coefficient (Wildman–Crippen LogP) is 1.99. The summed E-state index contributed by atoms with van der Waals surface area (Å²) in [7, 11) is 2.25. The van der Waals surface area contributed by atoms with Crippen LogP contribution in [0.25, 0.3) is 5.57 Å². The lowest BCUT2D eigenvalue weighted by Gasteiger charge is -2.05. The smallest absolute Gasteiger partial charge is 0.0957 e. The van der Waals surface area contributed by atoms with E-state index in [-0.39, 0.29) is 0 Å². The Morgan fingerprint density at radius 2 is 2.25 bits per heavy atom. The molecule has 0 N–H and O–H groups in total. The van der Waals surface area contributed by atoms with Crippen LogP contribution in [0.5, 0.6) is 0 Å². The predicted molar refractivity (Wildman–Crippen MR) is 56.2 cm³/mol. The fraction of sp³-hybridized carbons (Fsp3) is 0.273. The Kier molecular flexibility index (Phi) is 1.60. The monoisotopic (exact) mass is 156 g/mol. The summed E-state index contributed by atoms with van der Waals surface area (Å²) in [6, 6.07) is 6.53. The minimum absolute atomic E-state index is 0.640. The maximum atomic E-state index is 4.14. The second-order valence-corrected chi connectivity index (χ2v) is 3.74. The average Bonchev–Trinajstić information content (AvgIpc) is 2.29. The summed E-state index contributed by atoms with van der Waals surface area (Å²) in [5.74, 6) is 0.640. The van der Waals surface area contributed by atoms with Crippen LogP contribution in [0.1, 0.15) is 16.7 Å². The highest BCUT2D eigenvalue weighted by atomic mass is 14.2. The molecule has 60 valence electrons. The number of fused-ring (bicyclic) bond motifs is 1. The molecule has 0 bridgehead atoms. The summed E-state index contributed by atoms with van der Waals surface area (Å²) < 4.78 is 0. The van der Waals surface area contributed by atoms with Crippen LogP contribution >= 0.6 is 0 Å². The molecule has 0 aliphatic heterocycles. The van der Waals surface area contributed by atoms with Gasteiger partial charge in [0.2, 0.25) is 0 Å². The first-order valence-electron chi connectivity index (χ1n) is 4.48. The summed E-state index contributed by atoms with van der Waals surface area (Å²) in [5.41, 5.74) is 5.60. The van der Waals surface area contributed by atoms with Crippen molar-refractivity contribution < 1.29 is 0 Å². The maximum Gasteiger partial charge on any atom is 0.111 e. The van der Waals surface area contributed by atoms with Crippen molar-refractivity contribution in [2.75, 3.05) is 0 Å². The lowest BCUT2D eigenvalue weighted by atomic mass is 9.82. The van der Waals surface area contributed by atoms with E-state index in [9.17, 15) is 0 Å². The van der Waals surface area contributed by atoms with E-state index in [0.717, 1.165) is 0 Å². The summed E-state index contributed by atoms with van der Waals surface area (Å²) in [6.45, 7) is 6.31. The highest BCUT2D eigenvalue weighted by Crippen LogP contribution is 2.39. The van der Waals surface area contributed by atoms with Gasteiger partial charge in [0.25, 0.3) is 0 Å². The molecular formula is C11H13B. The fourth-order valence-corrected chi connectivity index (χ4v) is 2.06. The van der Waals surface area contributed by atoms with Crippen molar-refractivity contribution in [3.8, 4) is 0 Å². The van der Waals surface area contributed by atoms with Gasteiger partial charge >= 0.3 is 0 Å². The minimum atomic E-state index is 0.640. The van der Waals surface area contributed by atoms with E-state index >= 15 is 0 Å². The number of hydrogen-bond acceptors (Lipinski definition) is 0. The molecule has 0 saturated carbocycles. The molecule has 0 saturated heterocycles. The van der Waals surface area contributed by atoms with Crippen LogP contribution in [0.15, 0.2) is 24.8 Å². The molecule has 0 spiro atoms. The van der Waals surface area contributed by atoms with E-state index < -0.39 is 0 Å². The molecule has 0 fully saturated rings. The van der Waals surface area contributed by atoms with Gasteiger partial charge in [-0.1, -0.05) is 30.4 Å². The standard InChI is InChI=1S/C11H13B/c1-7-4-3-5-9-6-10(12)8(2)11(7)9/h3-5,10H,2,6,12H2,1H3. The van der Waals surface area contributed by atoms with Crippen molar-refractivity contribution in [3.63, 3.8) is 0 Å². The van der Waals surface area contributed by atoms with Gasteiger partial charge in [-0.25, -0.2) is 0 Å². The third-order valence-corrected chi connectivity index (χ3v) is 2.80. The van der Waals surface area contributed by atoms with E-state index in [2.05, 4.69) is 39.5 Å². The molecular weight excluding hydrogens is 143 g/mol. The van der Waals surface area contributed by atoms with Crippen LogP contribution in [0.3, 0.4) is 0 Å². The maximum absolute atomic E-state index is 4.14. The van der Waals surface area contributed by atoms with Crippen molar-refractivity contribution in [2.45, 2.75) is 19.2 Å². The number of aryl methyl sites for hydroxylation is 1. The van der Waals surface area contributed by atoms with Gasteiger partial charge in [0.05, 0.1) is 0 Å². The van der Waals surface area contributed by atoms with Crippen LogP contribution in [0.4, 0.5) is 0 Å². The third-order valence-electron chi connectivity index (χ3n) is 2.80. The molecule has 2 rings (SSSR count). The Morgan fingerprint density at radius 1 is 1.50 bits per heavy atom. The van der Waals surface area contributed by atoms with Crippen molar-refractivity contribution in [3.05, 3.63) is 41.5 Å². The van der Waals surface area contributed by atoms with E-state index in [0.29, 0.717) is 5.82 Å². The summed E-state index contributed by atoms with van der Waals surface area (Å²) >= 11 is 0. The largest absolute Gasteiger partial charge is 0.111 e. The summed E-state index contributed by atoms with van der Waals surface area (Å²) in [4.78, 5) is 0. The molecule has 0 heterocycles. The molecule has 1 aliphatic rings. The van der Waals surface area contributed by atoms with E-state index in [1.807, 2.05) is 0 Å². The van der Waals surface area contributed by atoms with Crippen LogP contribution in [-0.4, -0.2) is 7.85 Å². The van der Waals surface area contributed by atoms with Crippen molar-refractivity contribution in [2.24, 2.45) is 0 Å². The molecule has 0 radical (unpaired) electrons. The first-order chi connectivity index (χ1) is 5.70. The first kappa shape index (κ1) is 7.66. The number of hydrogen-bond donors (Lipinski definition) is 0. The Hall–Kier alpha value is -0.975. The van der Waals surface area contributed by atoms with E-state index in [1.165, 1.54) is 28.7 Å². The molecule has 0 nitrogen and oxygen atoms in total. The minimum Gasteiger partial charge on any atom is -0.0957 e. The van der Waals surface area contributed by atoms with Crippen molar-refractivity contribution >= 4 is 13.4 Å². The van der Waals surface area contributed by atoms with Crippen LogP contribution < -0.4 is 0 Å². The summed E-state index contributed by atoms with van der Waals surface area (Å²) in [5, 5.41) is 0. The highest BCUT2D eigenvalue weighted by molar-refractivity contribution is 6.19. The van der Waals surface area contributed by atoms with Gasteiger partial charge in [0, 0.05) is 0 Å². The highest BCUT2D eigenvalue weighted by Gasteiger charge is 2.22. The third kappa shape index (κ3) is 0.928. The molecule has 1 atom stereocenters. The van der Waals surface area contributed by atoms with Crippen molar-refractivity contribution in [1.82, 2.24) is 0 Å². The average molecular weight is 156 g/mol. The zero-order chi connectivity index (χ0) is 8.72. The van der Waals surface area contributed by atoms with Gasteiger partial charge in [0.1, 0.15) is 7.85 Å². The lowest BCUT2D eigenvalue weighted by molar-refractivity contribution is 1.07. The molecule has 1 aliphatic carbocycles. The van der Waals surface area contributed by atoms with Crippen LogP contribution in [0, 0.1) is 6.92 Å². The molecule has 1 unspecified atom stereocenters. The Balaban J connectivity index is 2.62. The number of rotatable bonds is 0. The van der Waals surface area contributed by atoms with Gasteiger partial charge in [0.15, 0.2) is 0 Å². The summed E-state index contributed by atoms with van der Waals surface area (Å²) in [6.07, 6.45) is 1.18. The molecule has 1 heteroatoms. The van der Waals surface area contributed by atoms with Gasteiger partial charge in [-0.15, -0.1) is 0 Å². The fourth-order valence-electron chi connectivity index (χ4n) is 2.06. The molecule has 1 aromatic rings.